The molecule has 108 valence electrons. The van der Waals surface area contributed by atoms with Crippen molar-refractivity contribution < 1.29 is 0 Å². The zero-order chi connectivity index (χ0) is 14.3. The van der Waals surface area contributed by atoms with Crippen molar-refractivity contribution in [2.45, 2.75) is 39.0 Å². The lowest BCUT2D eigenvalue weighted by atomic mass is 10.4. The Morgan fingerprint density at radius 1 is 1.50 bits per heavy atom. The minimum Gasteiger partial charge on any atom is -0.301 e. The standard InChI is InChI=1S/C13H17BrN4S2/c1-9-15-17(13(19)18(9)10-3-4-10)8-16(2)7-11-5-6-12(14)20-11/h5-6,10H,3-4,7-8H2,1-2H3. The second kappa shape index (κ2) is 5.71. The van der Waals surface area contributed by atoms with Crippen LogP contribution in [0.4, 0.5) is 0 Å². The molecule has 3 rings (SSSR count). The van der Waals surface area contributed by atoms with E-state index in [1.54, 1.807) is 11.3 Å². The van der Waals surface area contributed by atoms with Gasteiger partial charge in [0.15, 0.2) is 4.77 Å². The SMILES string of the molecule is Cc1nn(CN(C)Cc2ccc(Br)s2)c(=S)n1C1CC1. The van der Waals surface area contributed by atoms with E-state index in [1.807, 2.05) is 11.6 Å². The Morgan fingerprint density at radius 3 is 2.85 bits per heavy atom. The number of nitrogens with zero attached hydrogens (tertiary/aromatic N) is 4. The topological polar surface area (TPSA) is 26.0 Å². The first-order chi connectivity index (χ1) is 9.54. The van der Waals surface area contributed by atoms with Crippen LogP contribution in [-0.2, 0) is 13.2 Å². The monoisotopic (exact) mass is 372 g/mol. The number of aromatic nitrogens is 3. The Kier molecular flexibility index (Phi) is 4.12. The van der Waals surface area contributed by atoms with Crippen LogP contribution < -0.4 is 0 Å². The Morgan fingerprint density at radius 2 is 2.25 bits per heavy atom. The van der Waals surface area contributed by atoms with Gasteiger partial charge in [0.05, 0.1) is 10.5 Å². The lowest BCUT2D eigenvalue weighted by molar-refractivity contribution is 0.245. The van der Waals surface area contributed by atoms with Crippen LogP contribution in [-0.4, -0.2) is 26.3 Å². The van der Waals surface area contributed by atoms with Crippen LogP contribution in [0.3, 0.4) is 0 Å². The van der Waals surface area contributed by atoms with Gasteiger partial charge in [-0.2, -0.15) is 5.10 Å². The maximum atomic E-state index is 5.55. The predicted octanol–water partition coefficient (Wildman–Crippen LogP) is 3.97. The van der Waals surface area contributed by atoms with Gasteiger partial charge in [0.2, 0.25) is 0 Å². The van der Waals surface area contributed by atoms with Crippen LogP contribution >= 0.6 is 39.5 Å². The molecule has 0 atom stereocenters. The second-order valence-electron chi connectivity index (χ2n) is 5.29. The fraction of sp³-hybridized carbons (Fsp3) is 0.538. The Bertz CT molecular complexity index is 668. The predicted molar refractivity (Wildman–Crippen MR) is 87.5 cm³/mol. The average molecular weight is 373 g/mol. The molecular formula is C13H17BrN4S2. The summed E-state index contributed by atoms with van der Waals surface area (Å²) in [6.45, 7) is 3.68. The molecule has 0 aliphatic heterocycles. The number of hydrogen-bond donors (Lipinski definition) is 0. The molecule has 0 amide bonds. The van der Waals surface area contributed by atoms with E-state index in [4.69, 9.17) is 12.2 Å². The quantitative estimate of drug-likeness (QED) is 0.742. The molecule has 1 saturated carbocycles. The maximum absolute atomic E-state index is 5.55. The molecule has 2 heterocycles. The molecule has 0 bridgehead atoms. The van der Waals surface area contributed by atoms with Gasteiger partial charge < -0.3 is 4.57 Å². The Labute approximate surface area is 136 Å². The van der Waals surface area contributed by atoms with Gasteiger partial charge >= 0.3 is 0 Å². The summed E-state index contributed by atoms with van der Waals surface area (Å²) < 4.78 is 6.16. The van der Waals surface area contributed by atoms with Crippen LogP contribution in [0.1, 0.15) is 29.6 Å². The molecule has 2 aromatic heterocycles. The number of aryl methyl sites for hydroxylation is 1. The third-order valence-corrected chi connectivity index (χ3v) is 5.40. The van der Waals surface area contributed by atoms with Gasteiger partial charge in [-0.25, -0.2) is 4.68 Å². The molecule has 0 unspecified atom stereocenters. The van der Waals surface area contributed by atoms with Gasteiger partial charge in [-0.1, -0.05) is 0 Å². The molecule has 0 aromatic carbocycles. The Balaban J connectivity index is 1.71. The van der Waals surface area contributed by atoms with E-state index in [2.05, 4.69) is 49.7 Å². The molecule has 0 radical (unpaired) electrons. The van der Waals surface area contributed by atoms with Crippen molar-refractivity contribution in [3.8, 4) is 0 Å². The van der Waals surface area contributed by atoms with E-state index in [-0.39, 0.29) is 0 Å². The van der Waals surface area contributed by atoms with Crippen molar-refractivity contribution in [3.63, 3.8) is 0 Å². The molecule has 7 heteroatoms. The molecule has 0 N–H and O–H groups in total. The maximum Gasteiger partial charge on any atom is 0.199 e. The second-order valence-corrected chi connectivity index (χ2v) is 8.20. The van der Waals surface area contributed by atoms with E-state index >= 15 is 0 Å². The van der Waals surface area contributed by atoms with Gasteiger partial charge in [0.25, 0.3) is 0 Å². The summed E-state index contributed by atoms with van der Waals surface area (Å²) in [6.07, 6.45) is 2.47. The van der Waals surface area contributed by atoms with Crippen LogP contribution in [0.5, 0.6) is 0 Å². The van der Waals surface area contributed by atoms with Gasteiger partial charge in [-0.05, 0) is 67.1 Å². The summed E-state index contributed by atoms with van der Waals surface area (Å²) in [6, 6.07) is 4.83. The van der Waals surface area contributed by atoms with Crippen molar-refractivity contribution in [3.05, 3.63) is 31.4 Å². The summed E-state index contributed by atoms with van der Waals surface area (Å²) in [5, 5.41) is 4.59. The minimum absolute atomic E-state index is 0.592. The average Bonchev–Trinajstić information content (AvgIpc) is 3.06. The van der Waals surface area contributed by atoms with Gasteiger partial charge in [-0.3, -0.25) is 4.90 Å². The van der Waals surface area contributed by atoms with Crippen molar-refractivity contribution >= 4 is 39.5 Å². The number of thiophene rings is 1. The lowest BCUT2D eigenvalue weighted by Crippen LogP contribution is -2.22. The molecule has 0 saturated heterocycles. The summed E-state index contributed by atoms with van der Waals surface area (Å²) in [5.41, 5.74) is 0. The first kappa shape index (κ1) is 14.4. The fourth-order valence-corrected chi connectivity index (χ4v) is 4.30. The van der Waals surface area contributed by atoms with Gasteiger partial charge in [-0.15, -0.1) is 11.3 Å². The summed E-state index contributed by atoms with van der Waals surface area (Å²) >= 11 is 10.8. The first-order valence-corrected chi connectivity index (χ1v) is 8.65. The lowest BCUT2D eigenvalue weighted by Gasteiger charge is -2.15. The highest BCUT2D eigenvalue weighted by Crippen LogP contribution is 2.35. The van der Waals surface area contributed by atoms with Crippen LogP contribution in [0, 0.1) is 11.7 Å². The zero-order valence-electron chi connectivity index (χ0n) is 11.5. The highest BCUT2D eigenvalue weighted by Gasteiger charge is 2.27. The van der Waals surface area contributed by atoms with Crippen molar-refractivity contribution in [1.82, 2.24) is 19.2 Å². The highest BCUT2D eigenvalue weighted by atomic mass is 79.9. The van der Waals surface area contributed by atoms with Crippen molar-refractivity contribution in [2.24, 2.45) is 0 Å². The van der Waals surface area contributed by atoms with Crippen LogP contribution in [0.2, 0.25) is 0 Å². The zero-order valence-corrected chi connectivity index (χ0v) is 14.8. The van der Waals surface area contributed by atoms with Gasteiger partial charge in [0.1, 0.15) is 5.82 Å². The van der Waals surface area contributed by atoms with E-state index in [1.165, 1.54) is 21.5 Å². The largest absolute Gasteiger partial charge is 0.301 e. The summed E-state index contributed by atoms with van der Waals surface area (Å²) in [4.78, 5) is 3.57. The third-order valence-electron chi connectivity index (χ3n) is 3.38. The van der Waals surface area contributed by atoms with E-state index in [0.717, 1.165) is 23.8 Å². The van der Waals surface area contributed by atoms with Crippen LogP contribution in [0.15, 0.2) is 15.9 Å². The summed E-state index contributed by atoms with van der Waals surface area (Å²) in [5.74, 6) is 1.03. The number of halogens is 1. The molecule has 2 aromatic rings. The number of hydrogen-bond acceptors (Lipinski definition) is 4. The van der Waals surface area contributed by atoms with E-state index in [0.29, 0.717) is 6.04 Å². The van der Waals surface area contributed by atoms with Gasteiger partial charge in [0, 0.05) is 17.5 Å². The van der Waals surface area contributed by atoms with E-state index in [9.17, 15) is 0 Å². The highest BCUT2D eigenvalue weighted by molar-refractivity contribution is 9.11. The number of rotatable bonds is 5. The molecule has 20 heavy (non-hydrogen) atoms. The summed E-state index contributed by atoms with van der Waals surface area (Å²) in [7, 11) is 2.10. The third kappa shape index (κ3) is 3.05. The minimum atomic E-state index is 0.592. The molecule has 1 aliphatic rings. The first-order valence-electron chi connectivity index (χ1n) is 6.63. The molecular weight excluding hydrogens is 356 g/mol. The Hall–Kier alpha value is -0.500. The fourth-order valence-electron chi connectivity index (χ4n) is 2.36. The molecule has 4 nitrogen and oxygen atoms in total. The smallest absolute Gasteiger partial charge is 0.199 e. The van der Waals surface area contributed by atoms with Crippen LogP contribution in [0.25, 0.3) is 0 Å². The van der Waals surface area contributed by atoms with Crippen molar-refractivity contribution in [2.75, 3.05) is 7.05 Å². The molecule has 0 spiro atoms. The normalized spacial score (nSPS) is 15.2. The molecule has 1 aliphatic carbocycles. The van der Waals surface area contributed by atoms with Crippen molar-refractivity contribution in [1.29, 1.82) is 0 Å². The molecule has 1 fully saturated rings. The van der Waals surface area contributed by atoms with E-state index < -0.39 is 0 Å².